The molecule has 0 radical (unpaired) electrons. The number of nitrogens with zero attached hydrogens (tertiary/aromatic N) is 1. The summed E-state index contributed by atoms with van der Waals surface area (Å²) in [6.07, 6.45) is 10.1. The first-order chi connectivity index (χ1) is 8.83. The first kappa shape index (κ1) is 12.5. The molecule has 2 N–H and O–H groups in total. The Hall–Kier alpha value is -0.570. The maximum Gasteiger partial charge on any atom is 0.226 e. The Morgan fingerprint density at radius 1 is 1.00 bits per heavy atom. The van der Waals surface area contributed by atoms with Crippen molar-refractivity contribution in [2.75, 3.05) is 13.1 Å². The van der Waals surface area contributed by atoms with Gasteiger partial charge in [0, 0.05) is 25.0 Å². The molecule has 1 amide bonds. The molecule has 1 saturated heterocycles. The third kappa shape index (κ3) is 2.18. The summed E-state index contributed by atoms with van der Waals surface area (Å²) < 4.78 is 0. The number of hydrogen-bond acceptors (Lipinski definition) is 2. The smallest absolute Gasteiger partial charge is 0.226 e. The molecular formula is C15H26N2O. The van der Waals surface area contributed by atoms with Crippen molar-refractivity contribution in [2.45, 2.75) is 57.4 Å². The number of rotatable bonds is 2. The summed E-state index contributed by atoms with van der Waals surface area (Å²) in [5.74, 6) is 2.28. The van der Waals surface area contributed by atoms with Crippen molar-refractivity contribution in [1.29, 1.82) is 0 Å². The summed E-state index contributed by atoms with van der Waals surface area (Å²) >= 11 is 0. The Kier molecular flexibility index (Phi) is 3.60. The minimum atomic E-state index is 0.322. The molecule has 0 aromatic rings. The highest BCUT2D eigenvalue weighted by Gasteiger charge is 2.56. The zero-order chi connectivity index (χ0) is 12.5. The van der Waals surface area contributed by atoms with Crippen molar-refractivity contribution >= 4 is 5.91 Å². The number of nitrogens with two attached hydrogens (primary N) is 1. The molecule has 18 heavy (non-hydrogen) atoms. The highest BCUT2D eigenvalue weighted by Crippen LogP contribution is 2.56. The van der Waals surface area contributed by atoms with Crippen LogP contribution in [0.25, 0.3) is 0 Å². The topological polar surface area (TPSA) is 46.3 Å². The molecule has 1 heterocycles. The van der Waals surface area contributed by atoms with Gasteiger partial charge in [0.2, 0.25) is 5.91 Å². The Balaban J connectivity index is 1.66. The summed E-state index contributed by atoms with van der Waals surface area (Å²) in [4.78, 5) is 14.9. The lowest BCUT2D eigenvalue weighted by molar-refractivity contribution is -0.135. The molecule has 0 aromatic carbocycles. The molecule has 3 unspecified atom stereocenters. The van der Waals surface area contributed by atoms with Gasteiger partial charge >= 0.3 is 0 Å². The number of carbonyl (C=O) groups excluding carboxylic acids is 1. The average molecular weight is 250 g/mol. The first-order valence-corrected chi connectivity index (χ1v) is 7.83. The van der Waals surface area contributed by atoms with E-state index in [1.807, 2.05) is 0 Å². The van der Waals surface area contributed by atoms with Crippen molar-refractivity contribution < 1.29 is 4.79 Å². The molecule has 1 aliphatic heterocycles. The molecule has 3 nitrogen and oxygen atoms in total. The van der Waals surface area contributed by atoms with Crippen LogP contribution >= 0.6 is 0 Å². The van der Waals surface area contributed by atoms with Crippen molar-refractivity contribution in [3.8, 4) is 0 Å². The normalized spacial score (nSPS) is 39.9. The van der Waals surface area contributed by atoms with Crippen LogP contribution in [0.4, 0.5) is 0 Å². The van der Waals surface area contributed by atoms with Gasteiger partial charge in [0.05, 0.1) is 0 Å². The van der Waals surface area contributed by atoms with Gasteiger partial charge < -0.3 is 10.6 Å². The van der Waals surface area contributed by atoms with Crippen molar-refractivity contribution in [1.82, 2.24) is 4.90 Å². The highest BCUT2D eigenvalue weighted by atomic mass is 16.2. The van der Waals surface area contributed by atoms with E-state index >= 15 is 0 Å². The van der Waals surface area contributed by atoms with Gasteiger partial charge in [-0.1, -0.05) is 25.7 Å². The third-order valence-electron chi connectivity index (χ3n) is 5.37. The van der Waals surface area contributed by atoms with Gasteiger partial charge in [-0.05, 0) is 37.5 Å². The predicted octanol–water partition coefficient (Wildman–Crippen LogP) is 2.15. The Morgan fingerprint density at radius 3 is 2.33 bits per heavy atom. The number of likely N-dealkylation sites (tertiary alicyclic amines) is 1. The number of amides is 1. The average Bonchev–Trinajstić information content (AvgIpc) is 3.17. The van der Waals surface area contributed by atoms with Crippen LogP contribution in [-0.2, 0) is 4.79 Å². The van der Waals surface area contributed by atoms with E-state index in [9.17, 15) is 4.79 Å². The standard InChI is InChI=1S/C15H26N2O/c16-10-11-6-2-1-5-9-17(11)15(18)14-12-7-3-4-8-13(12)14/h11-14H,1-10,16H2. The van der Waals surface area contributed by atoms with Gasteiger partial charge in [0.15, 0.2) is 0 Å². The van der Waals surface area contributed by atoms with Crippen molar-refractivity contribution in [3.05, 3.63) is 0 Å². The van der Waals surface area contributed by atoms with Crippen LogP contribution in [0.5, 0.6) is 0 Å². The number of carbonyl (C=O) groups is 1. The van der Waals surface area contributed by atoms with E-state index < -0.39 is 0 Å². The van der Waals surface area contributed by atoms with Crippen LogP contribution in [0.1, 0.15) is 51.4 Å². The quantitative estimate of drug-likeness (QED) is 0.816. The van der Waals surface area contributed by atoms with Crippen LogP contribution in [0.15, 0.2) is 0 Å². The van der Waals surface area contributed by atoms with E-state index in [1.165, 1.54) is 44.9 Å². The molecule has 2 saturated carbocycles. The molecule has 0 bridgehead atoms. The van der Waals surface area contributed by atoms with Gasteiger partial charge in [0.25, 0.3) is 0 Å². The van der Waals surface area contributed by atoms with Crippen LogP contribution in [-0.4, -0.2) is 29.9 Å². The van der Waals surface area contributed by atoms with Gasteiger partial charge in [-0.3, -0.25) is 4.79 Å². The van der Waals surface area contributed by atoms with E-state index in [2.05, 4.69) is 4.90 Å². The largest absolute Gasteiger partial charge is 0.338 e. The molecule has 2 aliphatic carbocycles. The molecule has 3 aliphatic rings. The second-order valence-electron chi connectivity index (χ2n) is 6.41. The third-order valence-corrected chi connectivity index (χ3v) is 5.37. The van der Waals surface area contributed by atoms with E-state index in [0.29, 0.717) is 24.4 Å². The Morgan fingerprint density at radius 2 is 1.67 bits per heavy atom. The predicted molar refractivity (Wildman–Crippen MR) is 72.0 cm³/mol. The Labute approximate surface area is 110 Å². The lowest BCUT2D eigenvalue weighted by Crippen LogP contribution is -2.45. The summed E-state index contributed by atoms with van der Waals surface area (Å²) in [7, 11) is 0. The van der Waals surface area contributed by atoms with E-state index in [1.54, 1.807) is 0 Å². The van der Waals surface area contributed by atoms with E-state index in [4.69, 9.17) is 5.73 Å². The second-order valence-corrected chi connectivity index (χ2v) is 6.41. The summed E-state index contributed by atoms with van der Waals surface area (Å²) in [6.45, 7) is 1.60. The SMILES string of the molecule is NCC1CCCCCN1C(=O)C1C2CCCCC21. The fourth-order valence-electron chi connectivity index (χ4n) is 4.26. The summed E-state index contributed by atoms with van der Waals surface area (Å²) in [5, 5.41) is 0. The molecule has 102 valence electrons. The first-order valence-electron chi connectivity index (χ1n) is 7.83. The number of hydrogen-bond donors (Lipinski definition) is 1. The maximum absolute atomic E-state index is 12.7. The van der Waals surface area contributed by atoms with Gasteiger partial charge in [-0.2, -0.15) is 0 Å². The van der Waals surface area contributed by atoms with Crippen molar-refractivity contribution in [2.24, 2.45) is 23.5 Å². The molecule has 3 heteroatoms. The molecule has 3 fully saturated rings. The molecule has 0 spiro atoms. The van der Waals surface area contributed by atoms with E-state index in [-0.39, 0.29) is 0 Å². The summed E-state index contributed by atoms with van der Waals surface area (Å²) in [5.41, 5.74) is 5.87. The number of fused-ring (bicyclic) bond motifs is 1. The molecular weight excluding hydrogens is 224 g/mol. The minimum absolute atomic E-state index is 0.322. The molecule has 0 aromatic heterocycles. The lowest BCUT2D eigenvalue weighted by Gasteiger charge is -2.29. The van der Waals surface area contributed by atoms with Crippen LogP contribution in [0.2, 0.25) is 0 Å². The zero-order valence-corrected chi connectivity index (χ0v) is 11.3. The fraction of sp³-hybridized carbons (Fsp3) is 0.933. The molecule has 3 atom stereocenters. The monoisotopic (exact) mass is 250 g/mol. The lowest BCUT2D eigenvalue weighted by atomic mass is 10.0. The maximum atomic E-state index is 12.7. The second kappa shape index (κ2) is 5.20. The molecule has 3 rings (SSSR count). The van der Waals surface area contributed by atoms with Crippen LogP contribution in [0.3, 0.4) is 0 Å². The van der Waals surface area contributed by atoms with Gasteiger partial charge in [-0.15, -0.1) is 0 Å². The zero-order valence-electron chi connectivity index (χ0n) is 11.3. The fourth-order valence-corrected chi connectivity index (χ4v) is 4.26. The Bertz CT molecular complexity index is 306. The van der Waals surface area contributed by atoms with Crippen LogP contribution in [0, 0.1) is 17.8 Å². The summed E-state index contributed by atoms with van der Waals surface area (Å²) in [6, 6.07) is 0.322. The highest BCUT2D eigenvalue weighted by molar-refractivity contribution is 5.82. The van der Waals surface area contributed by atoms with Gasteiger partial charge in [-0.25, -0.2) is 0 Å². The van der Waals surface area contributed by atoms with Gasteiger partial charge in [0.1, 0.15) is 0 Å². The van der Waals surface area contributed by atoms with Crippen molar-refractivity contribution in [3.63, 3.8) is 0 Å². The van der Waals surface area contributed by atoms with Crippen LogP contribution < -0.4 is 5.73 Å². The van der Waals surface area contributed by atoms with E-state index in [0.717, 1.165) is 24.8 Å². The minimum Gasteiger partial charge on any atom is -0.338 e.